The first-order chi connectivity index (χ1) is 8.04. The van der Waals surface area contributed by atoms with Gasteiger partial charge in [0.05, 0.1) is 0 Å². The van der Waals surface area contributed by atoms with Gasteiger partial charge in [0, 0.05) is 16.7 Å². The number of rotatable bonds is 2. The second-order valence-corrected chi connectivity index (χ2v) is 5.07. The minimum atomic E-state index is -0.893. The normalized spacial score (nSPS) is 34.4. The Hall–Kier alpha value is -1.36. The van der Waals surface area contributed by atoms with Crippen molar-refractivity contribution in [2.24, 2.45) is 17.4 Å². The molecule has 2 rings (SSSR count). The zero-order valence-corrected chi connectivity index (χ0v) is 9.84. The van der Waals surface area contributed by atoms with Crippen LogP contribution in [-0.2, 0) is 0 Å². The first-order valence-corrected chi connectivity index (χ1v) is 6.13. The van der Waals surface area contributed by atoms with Gasteiger partial charge in [-0.05, 0) is 24.8 Å². The van der Waals surface area contributed by atoms with Crippen LogP contribution in [0.2, 0.25) is 0 Å². The Labute approximate surface area is 101 Å². The van der Waals surface area contributed by atoms with Crippen LogP contribution < -0.4 is 11.5 Å². The van der Waals surface area contributed by atoms with Crippen molar-refractivity contribution in [2.45, 2.75) is 43.7 Å². The van der Waals surface area contributed by atoms with E-state index in [0.717, 1.165) is 25.7 Å². The molecule has 1 saturated carbocycles. The maximum atomic E-state index is 11.1. The quantitative estimate of drug-likeness (QED) is 0.559. The number of nitrogens with two attached hydrogens (primary N) is 2. The highest BCUT2D eigenvalue weighted by Gasteiger charge is 2.47. The van der Waals surface area contributed by atoms with Gasteiger partial charge in [-0.3, -0.25) is 10.1 Å². The molecule has 4 N–H and O–H groups in total. The van der Waals surface area contributed by atoms with Crippen LogP contribution in [0.1, 0.15) is 32.1 Å². The average Bonchev–Trinajstić information content (AvgIpc) is 2.33. The van der Waals surface area contributed by atoms with Gasteiger partial charge < -0.3 is 11.5 Å². The molecule has 17 heavy (non-hydrogen) atoms. The molecule has 2 aliphatic carbocycles. The molecule has 94 valence electrons. The highest BCUT2D eigenvalue weighted by molar-refractivity contribution is 5.31. The molecule has 0 heterocycles. The van der Waals surface area contributed by atoms with Gasteiger partial charge in [-0.1, -0.05) is 25.3 Å². The fourth-order valence-corrected chi connectivity index (χ4v) is 2.94. The number of nitro groups is 1. The van der Waals surface area contributed by atoms with Gasteiger partial charge >= 0.3 is 0 Å². The standard InChI is InChI=1S/C12H19N3O2/c13-10-6-7-12(14,11(8-10)15(16)17)9-4-2-1-3-5-9/h6-9,11H,1-5,13-14H2. The molecule has 0 aromatic carbocycles. The minimum Gasteiger partial charge on any atom is -0.399 e. The molecule has 0 spiro atoms. The van der Waals surface area contributed by atoms with Gasteiger partial charge in [0.1, 0.15) is 5.54 Å². The maximum Gasteiger partial charge on any atom is 0.254 e. The summed E-state index contributed by atoms with van der Waals surface area (Å²) < 4.78 is 0. The number of allylic oxidation sites excluding steroid dienone is 1. The predicted molar refractivity (Wildman–Crippen MR) is 65.7 cm³/mol. The van der Waals surface area contributed by atoms with E-state index in [-0.39, 0.29) is 10.8 Å². The molecule has 0 amide bonds. The van der Waals surface area contributed by atoms with E-state index in [0.29, 0.717) is 5.70 Å². The Kier molecular flexibility index (Phi) is 3.19. The summed E-state index contributed by atoms with van der Waals surface area (Å²) in [5.74, 6) is 0.187. The first-order valence-electron chi connectivity index (χ1n) is 6.13. The van der Waals surface area contributed by atoms with Crippen molar-refractivity contribution >= 4 is 0 Å². The third kappa shape index (κ3) is 2.20. The van der Waals surface area contributed by atoms with E-state index in [2.05, 4.69) is 0 Å². The van der Waals surface area contributed by atoms with Crippen LogP contribution in [0.3, 0.4) is 0 Å². The summed E-state index contributed by atoms with van der Waals surface area (Å²) in [6, 6.07) is -0.893. The van der Waals surface area contributed by atoms with Gasteiger partial charge in [-0.25, -0.2) is 0 Å². The number of hydrogen-bond donors (Lipinski definition) is 2. The lowest BCUT2D eigenvalue weighted by Gasteiger charge is -2.39. The Morgan fingerprint density at radius 1 is 1.35 bits per heavy atom. The van der Waals surface area contributed by atoms with Crippen LogP contribution in [0.4, 0.5) is 0 Å². The fraction of sp³-hybridized carbons (Fsp3) is 0.667. The lowest BCUT2D eigenvalue weighted by atomic mass is 9.70. The van der Waals surface area contributed by atoms with Crippen LogP contribution in [-0.4, -0.2) is 16.5 Å². The lowest BCUT2D eigenvalue weighted by Crippen LogP contribution is -2.58. The van der Waals surface area contributed by atoms with E-state index in [4.69, 9.17) is 11.5 Å². The zero-order chi connectivity index (χ0) is 12.5. The highest BCUT2D eigenvalue weighted by Crippen LogP contribution is 2.37. The molecule has 2 unspecified atom stereocenters. The van der Waals surface area contributed by atoms with E-state index >= 15 is 0 Å². The van der Waals surface area contributed by atoms with Gasteiger partial charge in [-0.15, -0.1) is 0 Å². The summed E-state index contributed by atoms with van der Waals surface area (Å²) in [6.45, 7) is 0. The summed E-state index contributed by atoms with van der Waals surface area (Å²) >= 11 is 0. The molecule has 5 heteroatoms. The molecule has 2 atom stereocenters. The summed E-state index contributed by atoms with van der Waals surface area (Å²) in [6.07, 6.45) is 10.3. The summed E-state index contributed by atoms with van der Waals surface area (Å²) in [5, 5.41) is 11.1. The molecule has 0 saturated heterocycles. The highest BCUT2D eigenvalue weighted by atomic mass is 16.6. The molecule has 2 aliphatic rings. The zero-order valence-electron chi connectivity index (χ0n) is 9.84. The van der Waals surface area contributed by atoms with Crippen molar-refractivity contribution in [3.63, 3.8) is 0 Å². The number of nitrogens with zero attached hydrogens (tertiary/aromatic N) is 1. The molecular weight excluding hydrogens is 218 g/mol. The van der Waals surface area contributed by atoms with Gasteiger partial charge in [0.25, 0.3) is 6.04 Å². The van der Waals surface area contributed by atoms with E-state index in [1.165, 1.54) is 12.5 Å². The van der Waals surface area contributed by atoms with E-state index in [9.17, 15) is 10.1 Å². The van der Waals surface area contributed by atoms with Crippen LogP contribution in [0.15, 0.2) is 23.9 Å². The minimum absolute atomic E-state index is 0.187. The van der Waals surface area contributed by atoms with E-state index < -0.39 is 11.6 Å². The Balaban J connectivity index is 2.27. The van der Waals surface area contributed by atoms with Gasteiger partial charge in [-0.2, -0.15) is 0 Å². The molecule has 0 aromatic rings. The fourth-order valence-electron chi connectivity index (χ4n) is 2.94. The molecule has 0 aliphatic heterocycles. The summed E-state index contributed by atoms with van der Waals surface area (Å²) in [5.41, 5.74) is 11.5. The van der Waals surface area contributed by atoms with Crippen LogP contribution in [0, 0.1) is 16.0 Å². The number of hydrogen-bond acceptors (Lipinski definition) is 4. The third-order valence-corrected chi connectivity index (χ3v) is 3.97. The Morgan fingerprint density at radius 2 is 2.00 bits per heavy atom. The van der Waals surface area contributed by atoms with Crippen molar-refractivity contribution in [1.82, 2.24) is 0 Å². The topological polar surface area (TPSA) is 95.2 Å². The maximum absolute atomic E-state index is 11.1. The predicted octanol–water partition coefficient (Wildman–Crippen LogP) is 1.32. The lowest BCUT2D eigenvalue weighted by molar-refractivity contribution is -0.520. The van der Waals surface area contributed by atoms with Crippen molar-refractivity contribution in [1.29, 1.82) is 0 Å². The van der Waals surface area contributed by atoms with E-state index in [1.807, 2.05) is 0 Å². The van der Waals surface area contributed by atoms with Crippen molar-refractivity contribution < 1.29 is 4.92 Å². The molecule has 0 bridgehead atoms. The smallest absolute Gasteiger partial charge is 0.254 e. The molecule has 0 radical (unpaired) electrons. The largest absolute Gasteiger partial charge is 0.399 e. The second-order valence-electron chi connectivity index (χ2n) is 5.07. The van der Waals surface area contributed by atoms with Crippen molar-refractivity contribution in [3.8, 4) is 0 Å². The van der Waals surface area contributed by atoms with Crippen LogP contribution >= 0.6 is 0 Å². The average molecular weight is 237 g/mol. The van der Waals surface area contributed by atoms with Gasteiger partial charge in [0.15, 0.2) is 0 Å². The Morgan fingerprint density at radius 3 is 2.59 bits per heavy atom. The SMILES string of the molecule is NC1=CC([N+](=O)[O-])C(N)(C2CCCCC2)C=C1. The molecular formula is C12H19N3O2. The third-order valence-electron chi connectivity index (χ3n) is 3.97. The monoisotopic (exact) mass is 237 g/mol. The summed E-state index contributed by atoms with van der Waals surface area (Å²) in [7, 11) is 0. The molecule has 5 nitrogen and oxygen atoms in total. The molecule has 0 aromatic heterocycles. The van der Waals surface area contributed by atoms with Crippen LogP contribution in [0.25, 0.3) is 0 Å². The Bertz CT molecular complexity index is 372. The van der Waals surface area contributed by atoms with Crippen LogP contribution in [0.5, 0.6) is 0 Å². The van der Waals surface area contributed by atoms with Crippen molar-refractivity contribution in [2.75, 3.05) is 0 Å². The second kappa shape index (κ2) is 4.49. The van der Waals surface area contributed by atoms with E-state index in [1.54, 1.807) is 12.2 Å². The summed E-state index contributed by atoms with van der Waals surface area (Å²) in [4.78, 5) is 10.8. The van der Waals surface area contributed by atoms with Crippen molar-refractivity contribution in [3.05, 3.63) is 34.0 Å². The van der Waals surface area contributed by atoms with Gasteiger partial charge in [0.2, 0.25) is 0 Å². The first kappa shape index (κ1) is 12.1. The molecule has 1 fully saturated rings.